The largest absolute Gasteiger partial charge is 0.504 e. The predicted octanol–water partition coefficient (Wildman–Crippen LogP) is 4.45. The van der Waals surface area contributed by atoms with E-state index in [0.29, 0.717) is 30.7 Å². The van der Waals surface area contributed by atoms with Crippen LogP contribution in [0.25, 0.3) is 0 Å². The first kappa shape index (κ1) is 25.1. The van der Waals surface area contributed by atoms with Crippen molar-refractivity contribution >= 4 is 11.6 Å². The van der Waals surface area contributed by atoms with Gasteiger partial charge >= 0.3 is 0 Å². The molecule has 0 aromatic heterocycles. The van der Waals surface area contributed by atoms with Crippen molar-refractivity contribution in [2.75, 3.05) is 13.2 Å². The van der Waals surface area contributed by atoms with Crippen molar-refractivity contribution in [3.63, 3.8) is 0 Å². The van der Waals surface area contributed by atoms with Crippen molar-refractivity contribution in [1.29, 1.82) is 0 Å². The summed E-state index contributed by atoms with van der Waals surface area (Å²) in [4.78, 5) is 17.5. The second-order valence-electron chi connectivity index (χ2n) is 11.9. The summed E-state index contributed by atoms with van der Waals surface area (Å²) in [6.45, 7) is 5.06. The van der Waals surface area contributed by atoms with Gasteiger partial charge in [-0.05, 0) is 110 Å². The summed E-state index contributed by atoms with van der Waals surface area (Å²) in [6, 6.07) is 4.64. The average molecular weight is 497 g/mol. The molecule has 36 heavy (non-hydrogen) atoms. The van der Waals surface area contributed by atoms with Gasteiger partial charge in [0.2, 0.25) is 0 Å². The quantitative estimate of drug-likeness (QED) is 0.343. The predicted molar refractivity (Wildman–Crippen MR) is 138 cm³/mol. The van der Waals surface area contributed by atoms with Crippen LogP contribution in [-0.4, -0.2) is 46.2 Å². The van der Waals surface area contributed by atoms with Crippen LogP contribution in [0.1, 0.15) is 70.8 Å². The highest BCUT2D eigenvalue weighted by atomic mass is 16.6. The molecule has 1 aromatic carbocycles. The van der Waals surface area contributed by atoms with Crippen LogP contribution in [0.15, 0.2) is 35.0 Å². The lowest BCUT2D eigenvalue weighted by atomic mass is 9.47. The topological polar surface area (TPSA) is 111 Å². The molecule has 1 aromatic rings. The van der Waals surface area contributed by atoms with Crippen LogP contribution in [0.5, 0.6) is 11.5 Å². The lowest BCUT2D eigenvalue weighted by Crippen LogP contribution is -2.51. The number of carbonyl (C=O) groups excluding carboxylic acids is 1. The molecule has 0 bridgehead atoms. The molecule has 4 N–H and O–H groups in total. The highest BCUT2D eigenvalue weighted by Crippen LogP contribution is 2.65. The van der Waals surface area contributed by atoms with E-state index >= 15 is 0 Å². The zero-order chi connectivity index (χ0) is 25.5. The summed E-state index contributed by atoms with van der Waals surface area (Å²) in [5.41, 5.74) is 3.55. The molecule has 3 fully saturated rings. The van der Waals surface area contributed by atoms with Gasteiger partial charge in [-0.3, -0.25) is 4.79 Å². The van der Waals surface area contributed by atoms with Gasteiger partial charge in [-0.15, -0.1) is 0 Å². The van der Waals surface area contributed by atoms with Crippen LogP contribution < -0.4 is 5.32 Å². The van der Waals surface area contributed by atoms with Crippen molar-refractivity contribution < 1.29 is 25.0 Å². The van der Waals surface area contributed by atoms with Crippen molar-refractivity contribution in [2.45, 2.75) is 77.7 Å². The number of allylic oxidation sites excluding steroid dienone is 2. The molecule has 5 rings (SSSR count). The molecule has 196 valence electrons. The van der Waals surface area contributed by atoms with Crippen LogP contribution in [-0.2, 0) is 16.1 Å². The minimum absolute atomic E-state index is 0.111. The lowest BCUT2D eigenvalue weighted by Gasteiger charge is -2.57. The number of benzene rings is 1. The van der Waals surface area contributed by atoms with Crippen molar-refractivity contribution in [1.82, 2.24) is 5.32 Å². The van der Waals surface area contributed by atoms with E-state index in [1.165, 1.54) is 37.0 Å². The zero-order valence-corrected chi connectivity index (χ0v) is 21.5. The van der Waals surface area contributed by atoms with Crippen molar-refractivity contribution in [3.05, 3.63) is 35.4 Å². The number of oxime groups is 1. The van der Waals surface area contributed by atoms with Crippen LogP contribution in [0.3, 0.4) is 0 Å². The van der Waals surface area contributed by atoms with E-state index in [1.54, 1.807) is 6.07 Å². The van der Waals surface area contributed by atoms with Gasteiger partial charge in [0.05, 0.1) is 11.8 Å². The third-order valence-electron chi connectivity index (χ3n) is 10.1. The third kappa shape index (κ3) is 4.51. The highest BCUT2D eigenvalue weighted by molar-refractivity contribution is 5.96. The molecule has 0 saturated heterocycles. The Morgan fingerprint density at radius 1 is 1.08 bits per heavy atom. The monoisotopic (exact) mass is 496 g/mol. The van der Waals surface area contributed by atoms with Gasteiger partial charge in [-0.25, -0.2) is 0 Å². The van der Waals surface area contributed by atoms with Gasteiger partial charge in [-0.2, -0.15) is 0 Å². The van der Waals surface area contributed by atoms with E-state index in [1.807, 2.05) is 0 Å². The standard InChI is InChI=1S/C29H40N2O5/c1-28-12-9-20(31-36-17-27(35)30-14-11-18-3-7-24(32)25(33)15-18)16-19(28)4-5-21-22-6-8-26(34)29(22,2)13-10-23(21)28/h3,7,15-16,21-23,26,32-34H,4-6,8-14,17H2,1-2H3,(H,30,35)/b31-20+/t21-,22-,23-,26+,28-,29-/m0/s1. The maximum Gasteiger partial charge on any atom is 0.260 e. The summed E-state index contributed by atoms with van der Waals surface area (Å²) in [6.07, 6.45) is 11.3. The number of hydrogen-bond acceptors (Lipinski definition) is 6. The van der Waals surface area contributed by atoms with Gasteiger partial charge in [0.1, 0.15) is 0 Å². The molecule has 4 aliphatic carbocycles. The van der Waals surface area contributed by atoms with E-state index in [0.717, 1.165) is 43.4 Å². The Hall–Kier alpha value is -2.54. The summed E-state index contributed by atoms with van der Waals surface area (Å²) in [5, 5.41) is 36.7. The Labute approximate surface area is 213 Å². The van der Waals surface area contributed by atoms with Gasteiger partial charge < -0.3 is 25.5 Å². The molecule has 4 aliphatic rings. The number of amides is 1. The molecule has 0 radical (unpaired) electrons. The molecule has 0 aliphatic heterocycles. The van der Waals surface area contributed by atoms with Crippen LogP contribution in [0.2, 0.25) is 0 Å². The smallest absolute Gasteiger partial charge is 0.260 e. The van der Waals surface area contributed by atoms with E-state index in [2.05, 4.69) is 30.4 Å². The Bertz CT molecular complexity index is 1070. The number of nitrogens with zero attached hydrogens (tertiary/aromatic N) is 1. The number of rotatable bonds is 6. The molecule has 7 nitrogen and oxygen atoms in total. The normalized spacial score (nSPS) is 36.4. The molecule has 6 atom stereocenters. The zero-order valence-electron chi connectivity index (χ0n) is 21.5. The van der Waals surface area contributed by atoms with Gasteiger partial charge in [-0.1, -0.05) is 30.6 Å². The van der Waals surface area contributed by atoms with Gasteiger partial charge in [0.25, 0.3) is 5.91 Å². The van der Waals surface area contributed by atoms with Crippen molar-refractivity contribution in [2.24, 2.45) is 33.7 Å². The number of fused-ring (bicyclic) bond motifs is 5. The highest BCUT2D eigenvalue weighted by Gasteiger charge is 2.58. The number of phenols is 2. The molecule has 0 heterocycles. The molecule has 0 unspecified atom stereocenters. The Morgan fingerprint density at radius 3 is 2.72 bits per heavy atom. The Morgan fingerprint density at radius 2 is 1.92 bits per heavy atom. The molecule has 1 amide bonds. The number of aliphatic hydroxyl groups excluding tert-OH is 1. The van der Waals surface area contributed by atoms with Crippen LogP contribution >= 0.6 is 0 Å². The summed E-state index contributed by atoms with van der Waals surface area (Å²) in [7, 11) is 0. The molecular weight excluding hydrogens is 456 g/mol. The van der Waals surface area contributed by atoms with E-state index in [4.69, 9.17) is 4.84 Å². The van der Waals surface area contributed by atoms with Crippen LogP contribution in [0, 0.1) is 28.6 Å². The summed E-state index contributed by atoms with van der Waals surface area (Å²) >= 11 is 0. The third-order valence-corrected chi connectivity index (χ3v) is 10.1. The maximum absolute atomic E-state index is 12.1. The fraction of sp³-hybridized carbons (Fsp3) is 0.655. The Kier molecular flexibility index (Phi) is 6.79. The van der Waals surface area contributed by atoms with E-state index < -0.39 is 0 Å². The Balaban J connectivity index is 1.13. The second-order valence-corrected chi connectivity index (χ2v) is 11.9. The number of aliphatic hydroxyl groups is 1. The van der Waals surface area contributed by atoms with Crippen LogP contribution in [0.4, 0.5) is 0 Å². The lowest BCUT2D eigenvalue weighted by molar-refractivity contribution is -0.125. The minimum atomic E-state index is -0.236. The number of hydrogen-bond donors (Lipinski definition) is 4. The average Bonchev–Trinajstić information content (AvgIpc) is 3.16. The molecule has 3 saturated carbocycles. The minimum Gasteiger partial charge on any atom is -0.504 e. The molecule has 7 heteroatoms. The maximum atomic E-state index is 12.1. The van der Waals surface area contributed by atoms with E-state index in [9.17, 15) is 20.1 Å². The summed E-state index contributed by atoms with van der Waals surface area (Å²) in [5.74, 6) is 1.50. The fourth-order valence-corrected chi connectivity index (χ4v) is 7.91. The molecule has 0 spiro atoms. The van der Waals surface area contributed by atoms with Crippen molar-refractivity contribution in [3.8, 4) is 11.5 Å². The second kappa shape index (κ2) is 9.73. The fourth-order valence-electron chi connectivity index (χ4n) is 7.91. The first-order chi connectivity index (χ1) is 17.2. The summed E-state index contributed by atoms with van der Waals surface area (Å²) < 4.78 is 0. The first-order valence-electron chi connectivity index (χ1n) is 13.6. The SMILES string of the molecule is C[C@]12CC[C@H]3[C@@H](CCC4=C/C(=N/OCC(=O)NCCc5ccc(O)c(O)c5)CC[C@@]43C)[C@@H]1CC[C@H]2O. The number of phenolic OH excluding ortho intramolecular Hbond substituents is 2. The number of aromatic hydroxyl groups is 2. The van der Waals surface area contributed by atoms with E-state index in [-0.39, 0.29) is 40.9 Å². The number of nitrogens with one attached hydrogen (secondary N) is 1. The van der Waals surface area contributed by atoms with Gasteiger partial charge in [0, 0.05) is 6.54 Å². The molecular formula is C29H40N2O5. The first-order valence-corrected chi connectivity index (χ1v) is 13.6. The number of carbonyl (C=O) groups is 1. The van der Waals surface area contributed by atoms with Gasteiger partial charge in [0.15, 0.2) is 18.1 Å².